The van der Waals surface area contributed by atoms with Gasteiger partial charge in [-0.3, -0.25) is 14.3 Å². The van der Waals surface area contributed by atoms with Gasteiger partial charge in [-0.1, -0.05) is 13.0 Å². The molecule has 0 heterocycles. The molecule has 1 rings (SSSR count). The fourth-order valence-corrected chi connectivity index (χ4v) is 1.93. The van der Waals surface area contributed by atoms with Gasteiger partial charge in [-0.2, -0.15) is 0 Å². The molecule has 0 fully saturated rings. The number of benzene rings is 1. The van der Waals surface area contributed by atoms with Crippen LogP contribution in [0.1, 0.15) is 13.3 Å². The number of hydrogen-bond donors (Lipinski definition) is 2. The number of anilines is 2. The standard InChI is InChI=1S/C11H17N3O3S/c1-8(18(2)17)6-7-13-10-5-3-4-9(12)11(10)14(15)16/h3-5,8,13H,6-7,12H2,1-2H3. The van der Waals surface area contributed by atoms with Gasteiger partial charge in [0, 0.05) is 28.9 Å². The fourth-order valence-electron chi connectivity index (χ4n) is 1.48. The topological polar surface area (TPSA) is 98.3 Å². The molecule has 0 radical (unpaired) electrons. The van der Waals surface area contributed by atoms with Gasteiger partial charge in [0.1, 0.15) is 11.4 Å². The summed E-state index contributed by atoms with van der Waals surface area (Å²) in [7, 11) is -0.885. The monoisotopic (exact) mass is 271 g/mol. The van der Waals surface area contributed by atoms with Crippen molar-refractivity contribution in [2.45, 2.75) is 18.6 Å². The predicted molar refractivity (Wildman–Crippen MR) is 74.1 cm³/mol. The molecular formula is C11H17N3O3S. The maximum absolute atomic E-state index is 11.2. The highest BCUT2D eigenvalue weighted by atomic mass is 32.2. The second-order valence-corrected chi connectivity index (χ2v) is 5.83. The summed E-state index contributed by atoms with van der Waals surface area (Å²) in [6.07, 6.45) is 2.32. The number of hydrogen-bond acceptors (Lipinski definition) is 5. The molecule has 0 spiro atoms. The van der Waals surface area contributed by atoms with Crippen molar-refractivity contribution in [2.75, 3.05) is 23.9 Å². The van der Waals surface area contributed by atoms with Gasteiger partial charge in [0.25, 0.3) is 0 Å². The molecule has 0 aliphatic carbocycles. The molecule has 0 aliphatic rings. The quantitative estimate of drug-likeness (QED) is 0.466. The van der Waals surface area contributed by atoms with Gasteiger partial charge in [-0.15, -0.1) is 0 Å². The lowest BCUT2D eigenvalue weighted by Gasteiger charge is -2.11. The number of nitro benzene ring substituents is 1. The average molecular weight is 271 g/mol. The Bertz CT molecular complexity index is 465. The Hall–Kier alpha value is -1.63. The lowest BCUT2D eigenvalue weighted by molar-refractivity contribution is -0.383. The molecule has 7 heteroatoms. The van der Waals surface area contributed by atoms with Crippen LogP contribution in [0.2, 0.25) is 0 Å². The summed E-state index contributed by atoms with van der Waals surface area (Å²) in [4.78, 5) is 10.4. The number of nitrogens with one attached hydrogen (secondary N) is 1. The number of nitrogen functional groups attached to an aromatic ring is 1. The number of nitrogens with zero attached hydrogens (tertiary/aromatic N) is 1. The van der Waals surface area contributed by atoms with Crippen LogP contribution in [0.4, 0.5) is 17.1 Å². The first-order valence-electron chi connectivity index (χ1n) is 5.52. The molecule has 3 N–H and O–H groups in total. The highest BCUT2D eigenvalue weighted by Gasteiger charge is 2.17. The van der Waals surface area contributed by atoms with Crippen LogP contribution in [0.3, 0.4) is 0 Å². The van der Waals surface area contributed by atoms with E-state index in [1.165, 1.54) is 6.07 Å². The molecule has 1 aromatic carbocycles. The Morgan fingerprint density at radius 2 is 2.22 bits per heavy atom. The molecular weight excluding hydrogens is 254 g/mol. The normalized spacial score (nSPS) is 13.9. The van der Waals surface area contributed by atoms with Gasteiger partial charge in [-0.25, -0.2) is 0 Å². The van der Waals surface area contributed by atoms with E-state index in [1.807, 2.05) is 6.92 Å². The van der Waals surface area contributed by atoms with E-state index >= 15 is 0 Å². The van der Waals surface area contributed by atoms with Gasteiger partial charge in [-0.05, 0) is 18.6 Å². The SMILES string of the molecule is CC(CCNc1cccc(N)c1[N+](=O)[O-])S(C)=O. The van der Waals surface area contributed by atoms with Crippen LogP contribution >= 0.6 is 0 Å². The Morgan fingerprint density at radius 1 is 1.56 bits per heavy atom. The van der Waals surface area contributed by atoms with E-state index in [0.717, 1.165) is 0 Å². The average Bonchev–Trinajstić information content (AvgIpc) is 2.28. The van der Waals surface area contributed by atoms with Crippen molar-refractivity contribution in [2.24, 2.45) is 0 Å². The number of rotatable bonds is 6. The Morgan fingerprint density at radius 3 is 2.78 bits per heavy atom. The third kappa shape index (κ3) is 3.69. The van der Waals surface area contributed by atoms with E-state index in [4.69, 9.17) is 5.73 Å². The first-order valence-corrected chi connectivity index (χ1v) is 7.14. The number of nitrogens with two attached hydrogens (primary N) is 1. The van der Waals surface area contributed by atoms with Crippen molar-refractivity contribution in [3.63, 3.8) is 0 Å². The third-order valence-electron chi connectivity index (χ3n) is 2.68. The molecule has 0 aromatic heterocycles. The molecule has 0 aliphatic heterocycles. The summed E-state index contributed by atoms with van der Waals surface area (Å²) in [5.74, 6) is 0. The smallest absolute Gasteiger partial charge is 0.314 e. The van der Waals surface area contributed by atoms with E-state index in [1.54, 1.807) is 18.4 Å². The van der Waals surface area contributed by atoms with Crippen molar-refractivity contribution >= 4 is 27.9 Å². The largest absolute Gasteiger partial charge is 0.393 e. The van der Waals surface area contributed by atoms with Crippen molar-refractivity contribution in [1.29, 1.82) is 0 Å². The van der Waals surface area contributed by atoms with Gasteiger partial charge >= 0.3 is 5.69 Å². The van der Waals surface area contributed by atoms with E-state index in [-0.39, 0.29) is 16.6 Å². The van der Waals surface area contributed by atoms with Gasteiger partial charge < -0.3 is 11.1 Å². The van der Waals surface area contributed by atoms with E-state index in [2.05, 4.69) is 5.32 Å². The molecule has 1 aromatic rings. The zero-order valence-electron chi connectivity index (χ0n) is 10.4. The van der Waals surface area contributed by atoms with Crippen molar-refractivity contribution in [1.82, 2.24) is 0 Å². The first-order chi connectivity index (χ1) is 8.43. The molecule has 6 nitrogen and oxygen atoms in total. The molecule has 0 bridgehead atoms. The Kier molecular flexibility index (Phi) is 5.08. The maximum Gasteiger partial charge on any atom is 0.314 e. The highest BCUT2D eigenvalue weighted by molar-refractivity contribution is 7.84. The maximum atomic E-state index is 11.2. The summed E-state index contributed by atoms with van der Waals surface area (Å²) >= 11 is 0. The molecule has 0 amide bonds. The lowest BCUT2D eigenvalue weighted by atomic mass is 10.2. The van der Waals surface area contributed by atoms with E-state index in [9.17, 15) is 14.3 Å². The van der Waals surface area contributed by atoms with Crippen molar-refractivity contribution < 1.29 is 9.13 Å². The predicted octanol–water partition coefficient (Wildman–Crippen LogP) is 1.75. The van der Waals surface area contributed by atoms with E-state index in [0.29, 0.717) is 18.7 Å². The van der Waals surface area contributed by atoms with Crippen LogP contribution in [0.5, 0.6) is 0 Å². The second kappa shape index (κ2) is 6.34. The molecule has 100 valence electrons. The zero-order valence-corrected chi connectivity index (χ0v) is 11.2. The van der Waals surface area contributed by atoms with Crippen LogP contribution in [0, 0.1) is 10.1 Å². The minimum atomic E-state index is -0.885. The van der Waals surface area contributed by atoms with Crippen molar-refractivity contribution in [3.8, 4) is 0 Å². The number of para-hydroxylation sites is 1. The zero-order chi connectivity index (χ0) is 13.7. The lowest BCUT2D eigenvalue weighted by Crippen LogP contribution is -2.15. The van der Waals surface area contributed by atoms with Gasteiger partial charge in [0.05, 0.1) is 4.92 Å². The van der Waals surface area contributed by atoms with Crippen molar-refractivity contribution in [3.05, 3.63) is 28.3 Å². The minimum absolute atomic E-state index is 0.0533. The molecule has 18 heavy (non-hydrogen) atoms. The molecule has 0 saturated carbocycles. The highest BCUT2D eigenvalue weighted by Crippen LogP contribution is 2.30. The second-order valence-electron chi connectivity index (χ2n) is 4.03. The summed E-state index contributed by atoms with van der Waals surface area (Å²) in [6, 6.07) is 4.77. The molecule has 2 unspecified atom stereocenters. The van der Waals surface area contributed by atoms with Crippen LogP contribution in [-0.4, -0.2) is 27.2 Å². The van der Waals surface area contributed by atoms with Gasteiger partial charge in [0.2, 0.25) is 0 Å². The number of nitro groups is 1. The van der Waals surface area contributed by atoms with Gasteiger partial charge in [0.15, 0.2) is 0 Å². The summed E-state index contributed by atoms with van der Waals surface area (Å²) in [5, 5.41) is 13.9. The van der Waals surface area contributed by atoms with Crippen LogP contribution < -0.4 is 11.1 Å². The molecule has 2 atom stereocenters. The third-order valence-corrected chi connectivity index (χ3v) is 4.05. The van der Waals surface area contributed by atoms with E-state index < -0.39 is 15.7 Å². The van der Waals surface area contributed by atoms with Crippen LogP contribution in [-0.2, 0) is 10.8 Å². The fraction of sp³-hybridized carbons (Fsp3) is 0.455. The minimum Gasteiger partial charge on any atom is -0.393 e. The Labute approximate surface area is 108 Å². The summed E-state index contributed by atoms with van der Waals surface area (Å²) < 4.78 is 11.2. The summed E-state index contributed by atoms with van der Waals surface area (Å²) in [6.45, 7) is 2.40. The first kappa shape index (κ1) is 14.4. The van der Waals surface area contributed by atoms with Crippen LogP contribution in [0.25, 0.3) is 0 Å². The summed E-state index contributed by atoms with van der Waals surface area (Å²) in [5.41, 5.74) is 6.00. The van der Waals surface area contributed by atoms with Crippen LogP contribution in [0.15, 0.2) is 18.2 Å². The molecule has 0 saturated heterocycles. The Balaban J connectivity index is 2.71.